The minimum absolute atomic E-state index is 0.107. The molecule has 0 bridgehead atoms. The summed E-state index contributed by atoms with van der Waals surface area (Å²) in [5.74, 6) is 2.18. The molecule has 0 aliphatic carbocycles. The van der Waals surface area contributed by atoms with Crippen LogP contribution in [0.1, 0.15) is 58.2 Å². The van der Waals surface area contributed by atoms with Crippen LogP contribution in [0.3, 0.4) is 0 Å². The van der Waals surface area contributed by atoms with Gasteiger partial charge in [0.15, 0.2) is 5.96 Å². The highest BCUT2D eigenvalue weighted by atomic mass is 32.2. The minimum atomic E-state index is 0.107. The molecule has 130 valence electrons. The topological polar surface area (TPSA) is 49.3 Å². The van der Waals surface area contributed by atoms with Gasteiger partial charge in [-0.15, -0.1) is 11.3 Å². The third-order valence-electron chi connectivity index (χ3n) is 3.97. The summed E-state index contributed by atoms with van der Waals surface area (Å²) in [6.07, 6.45) is 2.61. The van der Waals surface area contributed by atoms with Crippen LogP contribution in [0.4, 0.5) is 0 Å². The fourth-order valence-corrected chi connectivity index (χ4v) is 4.65. The average Bonchev–Trinajstić information content (AvgIpc) is 3.11. The van der Waals surface area contributed by atoms with Gasteiger partial charge in [-0.1, -0.05) is 20.8 Å². The van der Waals surface area contributed by atoms with Gasteiger partial charge in [0.1, 0.15) is 5.01 Å². The van der Waals surface area contributed by atoms with E-state index in [2.05, 4.69) is 62.4 Å². The lowest BCUT2D eigenvalue weighted by molar-refractivity contribution is 0.570. The number of aromatic nitrogens is 1. The first-order chi connectivity index (χ1) is 10.8. The Balaban J connectivity index is 1.94. The second kappa shape index (κ2) is 7.88. The maximum absolute atomic E-state index is 4.72. The standard InChI is InChI=1S/C17H30N4S2/c1-6-18-15(20-12-17(5)8-7-9-23-17)19-10-14-21-13(11-22-14)16(2,3)4/h11H,6-10,12H2,1-5H3,(H2,18,19,20). The van der Waals surface area contributed by atoms with Gasteiger partial charge in [0.05, 0.1) is 12.2 Å². The molecule has 1 fully saturated rings. The first-order valence-corrected chi connectivity index (χ1v) is 10.3. The minimum Gasteiger partial charge on any atom is -0.357 e. The maximum Gasteiger partial charge on any atom is 0.191 e. The van der Waals surface area contributed by atoms with Crippen molar-refractivity contribution >= 4 is 29.1 Å². The van der Waals surface area contributed by atoms with E-state index in [0.29, 0.717) is 11.3 Å². The molecule has 0 amide bonds. The average molecular weight is 355 g/mol. The van der Waals surface area contributed by atoms with Crippen molar-refractivity contribution < 1.29 is 0 Å². The number of thioether (sulfide) groups is 1. The quantitative estimate of drug-likeness (QED) is 0.624. The van der Waals surface area contributed by atoms with Gasteiger partial charge < -0.3 is 10.6 Å². The van der Waals surface area contributed by atoms with Crippen molar-refractivity contribution in [2.75, 3.05) is 18.8 Å². The zero-order valence-corrected chi connectivity index (χ0v) is 16.7. The summed E-state index contributed by atoms with van der Waals surface area (Å²) < 4.78 is 0.344. The molecule has 1 aliphatic rings. The van der Waals surface area contributed by atoms with E-state index in [1.807, 2.05) is 0 Å². The monoisotopic (exact) mass is 354 g/mol. The van der Waals surface area contributed by atoms with Crippen molar-refractivity contribution in [2.24, 2.45) is 4.99 Å². The van der Waals surface area contributed by atoms with Gasteiger partial charge in [-0.2, -0.15) is 11.8 Å². The Kier molecular flexibility index (Phi) is 6.37. The summed E-state index contributed by atoms with van der Waals surface area (Å²) in [6.45, 7) is 13.5. The fraction of sp³-hybridized carbons (Fsp3) is 0.765. The van der Waals surface area contributed by atoms with Gasteiger partial charge in [0.2, 0.25) is 0 Å². The van der Waals surface area contributed by atoms with Crippen LogP contribution in [-0.4, -0.2) is 34.5 Å². The number of hydrogen-bond donors (Lipinski definition) is 2. The first-order valence-electron chi connectivity index (χ1n) is 8.43. The highest BCUT2D eigenvalue weighted by molar-refractivity contribution is 8.00. The van der Waals surface area contributed by atoms with Crippen molar-refractivity contribution in [1.29, 1.82) is 0 Å². The van der Waals surface area contributed by atoms with Crippen molar-refractivity contribution in [3.63, 3.8) is 0 Å². The molecule has 0 radical (unpaired) electrons. The van der Waals surface area contributed by atoms with Gasteiger partial charge >= 0.3 is 0 Å². The van der Waals surface area contributed by atoms with E-state index in [1.54, 1.807) is 11.3 Å². The van der Waals surface area contributed by atoms with Crippen molar-refractivity contribution in [3.8, 4) is 0 Å². The molecule has 1 saturated heterocycles. The maximum atomic E-state index is 4.72. The molecule has 1 unspecified atom stereocenters. The van der Waals surface area contributed by atoms with Crippen LogP contribution in [0.25, 0.3) is 0 Å². The van der Waals surface area contributed by atoms with Crippen LogP contribution < -0.4 is 10.6 Å². The Morgan fingerprint density at radius 2 is 2.17 bits per heavy atom. The second-order valence-corrected chi connectivity index (χ2v) is 9.95. The number of aliphatic imine (C=N–C) groups is 1. The molecule has 23 heavy (non-hydrogen) atoms. The van der Waals surface area contributed by atoms with E-state index in [9.17, 15) is 0 Å². The van der Waals surface area contributed by atoms with Crippen molar-refractivity contribution in [2.45, 2.75) is 64.2 Å². The van der Waals surface area contributed by atoms with Crippen LogP contribution in [-0.2, 0) is 12.0 Å². The van der Waals surface area contributed by atoms with Gasteiger partial charge in [-0.3, -0.25) is 0 Å². The number of rotatable bonds is 5. The lowest BCUT2D eigenvalue weighted by Gasteiger charge is -2.24. The summed E-state index contributed by atoms with van der Waals surface area (Å²) in [4.78, 5) is 9.42. The molecule has 0 saturated carbocycles. The van der Waals surface area contributed by atoms with Crippen molar-refractivity contribution in [1.82, 2.24) is 15.6 Å². The number of nitrogens with one attached hydrogen (secondary N) is 2. The predicted octanol–water partition coefficient (Wildman–Crippen LogP) is 3.78. The highest BCUT2D eigenvalue weighted by Crippen LogP contribution is 2.36. The van der Waals surface area contributed by atoms with Gasteiger partial charge in [0.25, 0.3) is 0 Å². The summed E-state index contributed by atoms with van der Waals surface area (Å²) in [5.41, 5.74) is 1.26. The number of hydrogen-bond acceptors (Lipinski definition) is 4. The molecule has 1 aromatic heterocycles. The Morgan fingerprint density at radius 1 is 1.39 bits per heavy atom. The number of nitrogens with zero attached hydrogens (tertiary/aromatic N) is 2. The smallest absolute Gasteiger partial charge is 0.191 e. The van der Waals surface area contributed by atoms with E-state index in [-0.39, 0.29) is 5.41 Å². The molecule has 2 heterocycles. The Labute approximate surface area is 149 Å². The molecule has 1 aliphatic heterocycles. The molecule has 0 spiro atoms. The summed E-state index contributed by atoms with van der Waals surface area (Å²) in [6, 6.07) is 0. The molecule has 2 rings (SSSR count). The molecule has 0 aromatic carbocycles. The summed E-state index contributed by atoms with van der Waals surface area (Å²) in [5, 5.41) is 10.1. The third-order valence-corrected chi connectivity index (χ3v) is 6.34. The molecule has 4 nitrogen and oxygen atoms in total. The van der Waals surface area contributed by atoms with E-state index in [4.69, 9.17) is 9.98 Å². The Bertz CT molecular complexity index is 525. The van der Waals surface area contributed by atoms with Crippen LogP contribution in [0.2, 0.25) is 0 Å². The molecule has 2 N–H and O–H groups in total. The largest absolute Gasteiger partial charge is 0.357 e. The number of thiazole rings is 1. The summed E-state index contributed by atoms with van der Waals surface area (Å²) in [7, 11) is 0. The van der Waals surface area contributed by atoms with Gasteiger partial charge in [-0.05, 0) is 32.4 Å². The van der Waals surface area contributed by atoms with Crippen LogP contribution in [0, 0.1) is 0 Å². The van der Waals surface area contributed by atoms with Crippen LogP contribution in [0.5, 0.6) is 0 Å². The molecule has 1 aromatic rings. The molecular formula is C17H30N4S2. The first kappa shape index (κ1) is 18.6. The van der Waals surface area contributed by atoms with E-state index < -0.39 is 0 Å². The third kappa shape index (κ3) is 5.68. The van der Waals surface area contributed by atoms with Gasteiger partial charge in [-0.25, -0.2) is 9.98 Å². The van der Waals surface area contributed by atoms with Crippen LogP contribution >= 0.6 is 23.1 Å². The van der Waals surface area contributed by atoms with Gasteiger partial charge in [0, 0.05) is 28.6 Å². The normalized spacial score (nSPS) is 22.4. The van der Waals surface area contributed by atoms with Crippen molar-refractivity contribution in [3.05, 3.63) is 16.1 Å². The van der Waals surface area contributed by atoms with E-state index >= 15 is 0 Å². The zero-order chi connectivity index (χ0) is 16.9. The number of guanidine groups is 1. The highest BCUT2D eigenvalue weighted by Gasteiger charge is 2.29. The van der Waals surface area contributed by atoms with Crippen LogP contribution in [0.15, 0.2) is 10.4 Å². The molecular weight excluding hydrogens is 324 g/mol. The molecule has 1 atom stereocenters. The Hall–Kier alpha value is -0.750. The molecule has 6 heteroatoms. The summed E-state index contributed by atoms with van der Waals surface area (Å²) >= 11 is 3.77. The van der Waals surface area contributed by atoms with E-state index in [0.717, 1.165) is 29.8 Å². The Morgan fingerprint density at radius 3 is 2.74 bits per heavy atom. The SMILES string of the molecule is CCNC(=NCc1nc(C(C)(C)C)cs1)NCC1(C)CCCS1. The fourth-order valence-electron chi connectivity index (χ4n) is 2.46. The zero-order valence-electron chi connectivity index (χ0n) is 15.0. The lowest BCUT2D eigenvalue weighted by Crippen LogP contribution is -2.43. The lowest BCUT2D eigenvalue weighted by atomic mass is 9.93. The second-order valence-electron chi connectivity index (χ2n) is 7.33. The predicted molar refractivity (Wildman–Crippen MR) is 104 cm³/mol. The van der Waals surface area contributed by atoms with E-state index in [1.165, 1.54) is 18.6 Å².